The molecular weight excluding hydrogens is 251 g/mol. The number of hydrogen-bond donors (Lipinski definition) is 1. The third-order valence-corrected chi connectivity index (χ3v) is 3.81. The molecule has 1 aromatic rings. The molecule has 0 aromatic carbocycles. The minimum Gasteiger partial charge on any atom is -0.330 e. The molecule has 0 aliphatic heterocycles. The molecule has 84 valence electrons. The molecule has 2 N–H and O–H groups in total. The molecule has 1 atom stereocenters. The molecule has 0 spiro atoms. The summed E-state index contributed by atoms with van der Waals surface area (Å²) in [5.74, 6) is 0.851. The maximum Gasteiger partial charge on any atom is 0.134 e. The zero-order chi connectivity index (χ0) is 11.3. The number of nitrogens with two attached hydrogens (primary N) is 1. The Morgan fingerprint density at radius 2 is 2.20 bits per heavy atom. The van der Waals surface area contributed by atoms with Gasteiger partial charge in [-0.1, -0.05) is 36.2 Å². The molecule has 0 aliphatic rings. The predicted octanol–water partition coefficient (Wildman–Crippen LogP) is 3.36. The minimum absolute atomic E-state index is 0.434. The summed E-state index contributed by atoms with van der Waals surface area (Å²) < 4.78 is 0. The first-order valence-electron chi connectivity index (χ1n) is 4.76. The van der Waals surface area contributed by atoms with Gasteiger partial charge in [-0.3, -0.25) is 0 Å². The second kappa shape index (κ2) is 6.59. The van der Waals surface area contributed by atoms with E-state index < -0.39 is 0 Å². The fourth-order valence-corrected chi connectivity index (χ4v) is 2.59. The van der Waals surface area contributed by atoms with Crippen molar-refractivity contribution < 1.29 is 0 Å². The SMILES string of the molecule is CC(CCN)SCc1ccc(Cl)nc1Cl. The van der Waals surface area contributed by atoms with Crippen molar-refractivity contribution in [3.05, 3.63) is 28.0 Å². The molecule has 0 fully saturated rings. The van der Waals surface area contributed by atoms with Gasteiger partial charge in [-0.2, -0.15) is 11.8 Å². The Bertz CT molecular complexity index is 320. The smallest absolute Gasteiger partial charge is 0.134 e. The fourth-order valence-electron chi connectivity index (χ4n) is 1.10. The molecule has 1 unspecified atom stereocenters. The molecule has 0 aliphatic carbocycles. The summed E-state index contributed by atoms with van der Waals surface area (Å²) >= 11 is 13.5. The highest BCUT2D eigenvalue weighted by Gasteiger charge is 2.06. The number of rotatable bonds is 5. The molecule has 1 heterocycles. The molecular formula is C10H14Cl2N2S. The Morgan fingerprint density at radius 3 is 2.80 bits per heavy atom. The Balaban J connectivity index is 2.50. The third kappa shape index (κ3) is 4.60. The summed E-state index contributed by atoms with van der Waals surface area (Å²) in [5.41, 5.74) is 6.50. The molecule has 0 saturated carbocycles. The topological polar surface area (TPSA) is 38.9 Å². The number of hydrogen-bond acceptors (Lipinski definition) is 3. The zero-order valence-corrected chi connectivity index (χ0v) is 10.9. The summed E-state index contributed by atoms with van der Waals surface area (Å²) in [6, 6.07) is 3.68. The summed E-state index contributed by atoms with van der Waals surface area (Å²) in [6.45, 7) is 2.88. The van der Waals surface area contributed by atoms with Crippen molar-refractivity contribution in [3.8, 4) is 0 Å². The molecule has 5 heteroatoms. The largest absolute Gasteiger partial charge is 0.330 e. The van der Waals surface area contributed by atoms with Crippen LogP contribution in [0.4, 0.5) is 0 Å². The van der Waals surface area contributed by atoms with Crippen LogP contribution in [0, 0.1) is 0 Å². The Labute approximate surface area is 105 Å². The van der Waals surface area contributed by atoms with Crippen molar-refractivity contribution in [3.63, 3.8) is 0 Å². The van der Waals surface area contributed by atoms with Crippen molar-refractivity contribution >= 4 is 35.0 Å². The highest BCUT2D eigenvalue weighted by atomic mass is 35.5. The van der Waals surface area contributed by atoms with Gasteiger partial charge in [0.2, 0.25) is 0 Å². The van der Waals surface area contributed by atoms with E-state index in [0.29, 0.717) is 15.6 Å². The molecule has 1 rings (SSSR count). The maximum atomic E-state index is 5.96. The number of aromatic nitrogens is 1. The predicted molar refractivity (Wildman–Crippen MR) is 68.7 cm³/mol. The van der Waals surface area contributed by atoms with Crippen LogP contribution in [0.3, 0.4) is 0 Å². The molecule has 2 nitrogen and oxygen atoms in total. The lowest BCUT2D eigenvalue weighted by molar-refractivity contribution is 0.823. The van der Waals surface area contributed by atoms with Gasteiger partial charge < -0.3 is 5.73 Å². The van der Waals surface area contributed by atoms with Crippen molar-refractivity contribution in [2.75, 3.05) is 6.54 Å². The van der Waals surface area contributed by atoms with Crippen molar-refractivity contribution in [1.29, 1.82) is 0 Å². The van der Waals surface area contributed by atoms with Gasteiger partial charge in [-0.25, -0.2) is 4.98 Å². The highest BCUT2D eigenvalue weighted by Crippen LogP contribution is 2.24. The molecule has 0 amide bonds. The van der Waals surface area contributed by atoms with Gasteiger partial charge in [0.15, 0.2) is 0 Å². The standard InChI is InChI=1S/C10H14Cl2N2S/c1-7(4-5-13)15-6-8-2-3-9(11)14-10(8)12/h2-3,7H,4-6,13H2,1H3. The first kappa shape index (κ1) is 13.1. The van der Waals surface area contributed by atoms with E-state index in [-0.39, 0.29) is 0 Å². The molecule has 1 aromatic heterocycles. The maximum absolute atomic E-state index is 5.96. The normalized spacial score (nSPS) is 12.8. The number of thioether (sulfide) groups is 1. The summed E-state index contributed by atoms with van der Waals surface area (Å²) in [4.78, 5) is 3.99. The van der Waals surface area contributed by atoms with E-state index in [1.807, 2.05) is 17.8 Å². The average Bonchev–Trinajstić information content (AvgIpc) is 2.17. The lowest BCUT2D eigenvalue weighted by atomic mass is 10.3. The van der Waals surface area contributed by atoms with Crippen LogP contribution >= 0.6 is 35.0 Å². The van der Waals surface area contributed by atoms with Crippen molar-refractivity contribution in [1.82, 2.24) is 4.98 Å². The Morgan fingerprint density at radius 1 is 1.47 bits per heavy atom. The average molecular weight is 265 g/mol. The van der Waals surface area contributed by atoms with Gasteiger partial charge >= 0.3 is 0 Å². The van der Waals surface area contributed by atoms with E-state index in [0.717, 1.165) is 24.3 Å². The van der Waals surface area contributed by atoms with E-state index in [1.54, 1.807) is 6.07 Å². The molecule has 0 bridgehead atoms. The van der Waals surface area contributed by atoms with Crippen LogP contribution in [0.2, 0.25) is 10.3 Å². The van der Waals surface area contributed by atoms with Crippen molar-refractivity contribution in [2.24, 2.45) is 5.73 Å². The van der Waals surface area contributed by atoms with Crippen LogP contribution in [0.1, 0.15) is 18.9 Å². The minimum atomic E-state index is 0.434. The fraction of sp³-hybridized carbons (Fsp3) is 0.500. The lowest BCUT2D eigenvalue weighted by Gasteiger charge is -2.10. The third-order valence-electron chi connectivity index (χ3n) is 1.99. The van der Waals surface area contributed by atoms with Crippen LogP contribution in [-0.2, 0) is 5.75 Å². The monoisotopic (exact) mass is 264 g/mol. The number of nitrogens with zero attached hydrogens (tertiary/aromatic N) is 1. The van der Waals surface area contributed by atoms with E-state index in [2.05, 4.69) is 11.9 Å². The molecule has 0 radical (unpaired) electrons. The Hall–Kier alpha value is 0.0400. The number of halogens is 2. The summed E-state index contributed by atoms with van der Waals surface area (Å²) in [7, 11) is 0. The summed E-state index contributed by atoms with van der Waals surface area (Å²) in [5, 5.41) is 1.47. The zero-order valence-electron chi connectivity index (χ0n) is 8.54. The van der Waals surface area contributed by atoms with Crippen LogP contribution in [0.5, 0.6) is 0 Å². The van der Waals surface area contributed by atoms with Crippen LogP contribution in [0.25, 0.3) is 0 Å². The number of pyridine rings is 1. The van der Waals surface area contributed by atoms with E-state index in [9.17, 15) is 0 Å². The van der Waals surface area contributed by atoms with Crippen molar-refractivity contribution in [2.45, 2.75) is 24.3 Å². The van der Waals surface area contributed by atoms with Gasteiger partial charge in [0.05, 0.1) is 0 Å². The first-order valence-corrected chi connectivity index (χ1v) is 6.56. The van der Waals surface area contributed by atoms with Gasteiger partial charge in [0.1, 0.15) is 10.3 Å². The first-order chi connectivity index (χ1) is 7.13. The van der Waals surface area contributed by atoms with Crippen LogP contribution < -0.4 is 5.73 Å². The molecule has 0 saturated heterocycles. The van der Waals surface area contributed by atoms with Gasteiger partial charge in [0.25, 0.3) is 0 Å². The summed E-state index contributed by atoms with van der Waals surface area (Å²) in [6.07, 6.45) is 1.02. The van der Waals surface area contributed by atoms with Gasteiger partial charge in [-0.15, -0.1) is 0 Å². The van der Waals surface area contributed by atoms with E-state index in [1.165, 1.54) is 0 Å². The lowest BCUT2D eigenvalue weighted by Crippen LogP contribution is -2.07. The van der Waals surface area contributed by atoms with Gasteiger partial charge in [-0.05, 0) is 24.6 Å². The van der Waals surface area contributed by atoms with E-state index >= 15 is 0 Å². The van der Waals surface area contributed by atoms with Crippen LogP contribution in [0.15, 0.2) is 12.1 Å². The van der Waals surface area contributed by atoms with Gasteiger partial charge in [0, 0.05) is 11.0 Å². The highest BCUT2D eigenvalue weighted by molar-refractivity contribution is 7.99. The quantitative estimate of drug-likeness (QED) is 0.830. The van der Waals surface area contributed by atoms with Crippen LogP contribution in [-0.4, -0.2) is 16.8 Å². The second-order valence-electron chi connectivity index (χ2n) is 3.28. The molecule has 15 heavy (non-hydrogen) atoms. The second-order valence-corrected chi connectivity index (χ2v) is 5.45. The van der Waals surface area contributed by atoms with E-state index in [4.69, 9.17) is 28.9 Å². The Kier molecular flexibility index (Phi) is 5.75.